The van der Waals surface area contributed by atoms with Gasteiger partial charge >= 0.3 is 0 Å². The van der Waals surface area contributed by atoms with E-state index in [-0.39, 0.29) is 18.0 Å². The lowest BCUT2D eigenvalue weighted by atomic mass is 10.1. The number of carbonyl (C=O) groups excluding carboxylic acids is 1. The van der Waals surface area contributed by atoms with E-state index in [1.807, 2.05) is 18.2 Å². The van der Waals surface area contributed by atoms with E-state index in [1.54, 1.807) is 24.3 Å². The van der Waals surface area contributed by atoms with Gasteiger partial charge in [0.2, 0.25) is 5.91 Å². The molecular formula is C19H17Cl2N3O2. The Hall–Kier alpha value is -2.37. The summed E-state index contributed by atoms with van der Waals surface area (Å²) in [6, 6.07) is 12.6. The van der Waals surface area contributed by atoms with Crippen molar-refractivity contribution in [1.82, 2.24) is 14.9 Å². The van der Waals surface area contributed by atoms with Gasteiger partial charge in [0.25, 0.3) is 5.56 Å². The molecule has 0 unspecified atom stereocenters. The number of carbonyl (C=O) groups is 1. The minimum absolute atomic E-state index is 0.0521. The van der Waals surface area contributed by atoms with E-state index in [4.69, 9.17) is 23.2 Å². The zero-order chi connectivity index (χ0) is 18.5. The molecule has 7 heteroatoms. The summed E-state index contributed by atoms with van der Waals surface area (Å²) in [6.45, 7) is 0.457. The van der Waals surface area contributed by atoms with Crippen molar-refractivity contribution < 1.29 is 4.79 Å². The van der Waals surface area contributed by atoms with Crippen LogP contribution in [0, 0.1) is 0 Å². The SMILES string of the molecule is O=C(Cn1cnc2ccccc2c1=O)NCCCc1ccc(Cl)c(Cl)c1. The number of hydrogen-bond acceptors (Lipinski definition) is 3. The zero-order valence-corrected chi connectivity index (χ0v) is 15.4. The maximum absolute atomic E-state index is 12.4. The van der Waals surface area contributed by atoms with Crippen LogP contribution < -0.4 is 10.9 Å². The molecular weight excluding hydrogens is 373 g/mol. The van der Waals surface area contributed by atoms with Gasteiger partial charge in [0.05, 0.1) is 27.3 Å². The van der Waals surface area contributed by atoms with Crippen LogP contribution in [0.15, 0.2) is 53.6 Å². The normalized spacial score (nSPS) is 10.8. The van der Waals surface area contributed by atoms with Crippen LogP contribution in [-0.2, 0) is 17.8 Å². The quantitative estimate of drug-likeness (QED) is 0.656. The van der Waals surface area contributed by atoms with Gasteiger partial charge in [0.15, 0.2) is 0 Å². The minimum atomic E-state index is -0.224. The summed E-state index contributed by atoms with van der Waals surface area (Å²) >= 11 is 11.9. The van der Waals surface area contributed by atoms with Crippen molar-refractivity contribution >= 4 is 40.0 Å². The van der Waals surface area contributed by atoms with Crippen molar-refractivity contribution in [3.8, 4) is 0 Å². The highest BCUT2D eigenvalue weighted by molar-refractivity contribution is 6.42. The number of nitrogens with one attached hydrogen (secondary N) is 1. The van der Waals surface area contributed by atoms with Gasteiger partial charge in [-0.1, -0.05) is 41.4 Å². The standard InChI is InChI=1S/C19H17Cl2N3O2/c20-15-8-7-13(10-16(15)21)4-3-9-22-18(25)11-24-12-23-17-6-2-1-5-14(17)19(24)26/h1-2,5-8,10,12H,3-4,9,11H2,(H,22,25). The molecule has 0 aliphatic carbocycles. The number of amides is 1. The van der Waals surface area contributed by atoms with Crippen LogP contribution in [0.1, 0.15) is 12.0 Å². The summed E-state index contributed by atoms with van der Waals surface area (Å²) in [7, 11) is 0. The third kappa shape index (κ3) is 4.42. The molecule has 1 amide bonds. The molecule has 3 aromatic rings. The topological polar surface area (TPSA) is 64.0 Å². The Labute approximate surface area is 160 Å². The lowest BCUT2D eigenvalue weighted by molar-refractivity contribution is -0.121. The predicted molar refractivity (Wildman–Crippen MR) is 104 cm³/mol. The molecule has 3 rings (SSSR count). The smallest absolute Gasteiger partial charge is 0.261 e. The van der Waals surface area contributed by atoms with Gasteiger partial charge < -0.3 is 5.32 Å². The fourth-order valence-electron chi connectivity index (χ4n) is 2.64. The van der Waals surface area contributed by atoms with Crippen LogP contribution in [0.3, 0.4) is 0 Å². The summed E-state index contributed by atoms with van der Waals surface area (Å²) < 4.78 is 1.32. The third-order valence-electron chi connectivity index (χ3n) is 3.99. The van der Waals surface area contributed by atoms with Crippen molar-refractivity contribution in [1.29, 1.82) is 0 Å². The Balaban J connectivity index is 1.52. The monoisotopic (exact) mass is 389 g/mol. The number of benzene rings is 2. The van der Waals surface area contributed by atoms with Crippen LogP contribution in [0.4, 0.5) is 0 Å². The lowest BCUT2D eigenvalue weighted by Crippen LogP contribution is -2.33. The Morgan fingerprint density at radius 2 is 1.92 bits per heavy atom. The molecule has 1 heterocycles. The molecule has 26 heavy (non-hydrogen) atoms. The molecule has 0 saturated carbocycles. The molecule has 0 fully saturated rings. The molecule has 0 radical (unpaired) electrons. The van der Waals surface area contributed by atoms with Gasteiger partial charge in [0, 0.05) is 6.54 Å². The van der Waals surface area contributed by atoms with Gasteiger partial charge in [-0.25, -0.2) is 4.98 Å². The Bertz CT molecular complexity index is 1000. The van der Waals surface area contributed by atoms with Gasteiger partial charge in [0.1, 0.15) is 6.54 Å². The highest BCUT2D eigenvalue weighted by atomic mass is 35.5. The van der Waals surface area contributed by atoms with Gasteiger partial charge in [-0.05, 0) is 42.7 Å². The molecule has 0 atom stereocenters. The summed E-state index contributed by atoms with van der Waals surface area (Å²) in [5.74, 6) is -0.224. The van der Waals surface area contributed by atoms with Crippen LogP contribution in [0.5, 0.6) is 0 Å². The number of aromatic nitrogens is 2. The number of rotatable bonds is 6. The Morgan fingerprint density at radius 3 is 2.73 bits per heavy atom. The number of aryl methyl sites for hydroxylation is 1. The third-order valence-corrected chi connectivity index (χ3v) is 4.73. The van der Waals surface area contributed by atoms with Crippen LogP contribution >= 0.6 is 23.2 Å². The molecule has 0 spiro atoms. The predicted octanol–water partition coefficient (Wildman–Crippen LogP) is 3.45. The highest BCUT2D eigenvalue weighted by Crippen LogP contribution is 2.23. The second-order valence-corrected chi connectivity index (χ2v) is 6.71. The number of nitrogens with zero attached hydrogens (tertiary/aromatic N) is 2. The maximum atomic E-state index is 12.4. The molecule has 0 aliphatic heterocycles. The summed E-state index contributed by atoms with van der Waals surface area (Å²) in [5.41, 5.74) is 1.46. The lowest BCUT2D eigenvalue weighted by Gasteiger charge is -2.08. The van der Waals surface area contributed by atoms with Crippen LogP contribution in [0.25, 0.3) is 10.9 Å². The number of halogens is 2. The summed E-state index contributed by atoms with van der Waals surface area (Å²) in [6.07, 6.45) is 2.93. The number of hydrogen-bond donors (Lipinski definition) is 1. The molecule has 1 N–H and O–H groups in total. The van der Waals surface area contributed by atoms with E-state index in [0.29, 0.717) is 27.5 Å². The van der Waals surface area contributed by atoms with E-state index in [1.165, 1.54) is 10.9 Å². The second-order valence-electron chi connectivity index (χ2n) is 5.90. The van der Waals surface area contributed by atoms with Crippen LogP contribution in [-0.4, -0.2) is 22.0 Å². The van der Waals surface area contributed by atoms with Crippen molar-refractivity contribution in [2.75, 3.05) is 6.54 Å². The largest absolute Gasteiger partial charge is 0.355 e. The molecule has 0 bridgehead atoms. The summed E-state index contributed by atoms with van der Waals surface area (Å²) in [5, 5.41) is 4.37. The highest BCUT2D eigenvalue weighted by Gasteiger charge is 2.07. The van der Waals surface area contributed by atoms with E-state index < -0.39 is 0 Å². The number of para-hydroxylation sites is 1. The van der Waals surface area contributed by atoms with Gasteiger partial charge in [-0.15, -0.1) is 0 Å². The molecule has 5 nitrogen and oxygen atoms in total. The fraction of sp³-hybridized carbons (Fsp3) is 0.211. The molecule has 0 aliphatic rings. The first kappa shape index (κ1) is 18.4. The molecule has 1 aromatic heterocycles. The van der Waals surface area contributed by atoms with Gasteiger partial charge in [-0.3, -0.25) is 14.2 Å². The summed E-state index contributed by atoms with van der Waals surface area (Å²) in [4.78, 5) is 28.6. The first-order chi connectivity index (χ1) is 12.5. The Morgan fingerprint density at radius 1 is 1.12 bits per heavy atom. The molecule has 134 valence electrons. The number of fused-ring (bicyclic) bond motifs is 1. The van der Waals surface area contributed by atoms with Crippen molar-refractivity contribution in [2.45, 2.75) is 19.4 Å². The average Bonchev–Trinajstić information content (AvgIpc) is 2.64. The van der Waals surface area contributed by atoms with Crippen LogP contribution in [0.2, 0.25) is 10.0 Å². The second kappa shape index (κ2) is 8.34. The van der Waals surface area contributed by atoms with E-state index in [0.717, 1.165) is 18.4 Å². The van der Waals surface area contributed by atoms with E-state index >= 15 is 0 Å². The van der Waals surface area contributed by atoms with Crippen molar-refractivity contribution in [3.05, 3.63) is 74.8 Å². The minimum Gasteiger partial charge on any atom is -0.355 e. The van der Waals surface area contributed by atoms with Crippen molar-refractivity contribution in [2.24, 2.45) is 0 Å². The molecule has 0 saturated heterocycles. The first-order valence-electron chi connectivity index (χ1n) is 8.19. The van der Waals surface area contributed by atoms with Crippen molar-refractivity contribution in [3.63, 3.8) is 0 Å². The Kier molecular flexibility index (Phi) is 5.91. The zero-order valence-electron chi connectivity index (χ0n) is 13.9. The van der Waals surface area contributed by atoms with E-state index in [2.05, 4.69) is 10.3 Å². The van der Waals surface area contributed by atoms with E-state index in [9.17, 15) is 9.59 Å². The van der Waals surface area contributed by atoms with Gasteiger partial charge in [-0.2, -0.15) is 0 Å². The fourth-order valence-corrected chi connectivity index (χ4v) is 2.97. The average molecular weight is 390 g/mol. The maximum Gasteiger partial charge on any atom is 0.261 e. The first-order valence-corrected chi connectivity index (χ1v) is 8.95. The molecule has 2 aromatic carbocycles.